The lowest BCUT2D eigenvalue weighted by molar-refractivity contribution is 0.630. The van der Waals surface area contributed by atoms with Gasteiger partial charge in [-0.15, -0.1) is 0 Å². The molecule has 0 aliphatic heterocycles. The van der Waals surface area contributed by atoms with Crippen LogP contribution in [0.3, 0.4) is 0 Å². The molecular formula is C17H14FN3. The zero-order valence-corrected chi connectivity index (χ0v) is 11.5. The van der Waals surface area contributed by atoms with E-state index in [9.17, 15) is 4.39 Å². The highest BCUT2D eigenvalue weighted by Crippen LogP contribution is 2.25. The average Bonchev–Trinajstić information content (AvgIpc) is 2.55. The Hall–Kier alpha value is -2.75. The van der Waals surface area contributed by atoms with E-state index in [4.69, 9.17) is 0 Å². The van der Waals surface area contributed by atoms with Gasteiger partial charge < -0.3 is 5.32 Å². The van der Waals surface area contributed by atoms with Gasteiger partial charge in [0.15, 0.2) is 5.82 Å². The Morgan fingerprint density at radius 1 is 0.905 bits per heavy atom. The van der Waals surface area contributed by atoms with E-state index < -0.39 is 0 Å². The van der Waals surface area contributed by atoms with Gasteiger partial charge in [0.2, 0.25) is 0 Å². The molecule has 0 fully saturated rings. The van der Waals surface area contributed by atoms with Crippen LogP contribution < -0.4 is 5.32 Å². The summed E-state index contributed by atoms with van der Waals surface area (Å²) in [6, 6.07) is 18.0. The molecule has 0 aliphatic rings. The minimum absolute atomic E-state index is 0.294. The second kappa shape index (κ2) is 5.71. The third-order valence-corrected chi connectivity index (χ3v) is 3.16. The van der Waals surface area contributed by atoms with Crippen molar-refractivity contribution in [2.75, 3.05) is 12.4 Å². The first kappa shape index (κ1) is 13.2. The Bertz CT molecular complexity index is 757. The molecule has 3 rings (SSSR count). The van der Waals surface area contributed by atoms with Crippen molar-refractivity contribution < 1.29 is 4.39 Å². The first-order chi connectivity index (χ1) is 10.3. The summed E-state index contributed by atoms with van der Waals surface area (Å²) in [5.41, 5.74) is 1.92. The van der Waals surface area contributed by atoms with Crippen LogP contribution in [0.25, 0.3) is 22.6 Å². The van der Waals surface area contributed by atoms with Crippen LogP contribution in [0.5, 0.6) is 0 Å². The molecule has 21 heavy (non-hydrogen) atoms. The highest BCUT2D eigenvalue weighted by Gasteiger charge is 2.10. The maximum atomic E-state index is 14.0. The molecule has 0 radical (unpaired) electrons. The maximum Gasteiger partial charge on any atom is 0.162 e. The highest BCUT2D eigenvalue weighted by atomic mass is 19.1. The Kier molecular flexibility index (Phi) is 3.60. The SMILES string of the molecule is CNc1cc(-c2ccccc2F)nc(-c2ccccc2)n1. The van der Waals surface area contributed by atoms with Gasteiger partial charge in [0.1, 0.15) is 11.6 Å². The van der Waals surface area contributed by atoms with Gasteiger partial charge in [-0.2, -0.15) is 0 Å². The number of rotatable bonds is 3. The molecule has 0 saturated heterocycles. The average molecular weight is 279 g/mol. The van der Waals surface area contributed by atoms with Crippen LogP contribution in [-0.2, 0) is 0 Å². The molecule has 4 heteroatoms. The van der Waals surface area contributed by atoms with E-state index in [0.29, 0.717) is 22.9 Å². The molecule has 3 nitrogen and oxygen atoms in total. The zero-order chi connectivity index (χ0) is 14.7. The van der Waals surface area contributed by atoms with Crippen LogP contribution in [0.1, 0.15) is 0 Å². The van der Waals surface area contributed by atoms with Crippen molar-refractivity contribution in [1.29, 1.82) is 0 Å². The molecule has 0 bridgehead atoms. The molecule has 1 N–H and O–H groups in total. The largest absolute Gasteiger partial charge is 0.373 e. The summed E-state index contributed by atoms with van der Waals surface area (Å²) in [5, 5.41) is 2.99. The van der Waals surface area contributed by atoms with Gasteiger partial charge in [0.25, 0.3) is 0 Å². The summed E-state index contributed by atoms with van der Waals surface area (Å²) in [7, 11) is 1.78. The number of hydrogen-bond donors (Lipinski definition) is 1. The minimum Gasteiger partial charge on any atom is -0.373 e. The van der Waals surface area contributed by atoms with Gasteiger partial charge >= 0.3 is 0 Å². The molecule has 104 valence electrons. The van der Waals surface area contributed by atoms with Gasteiger partial charge in [-0.25, -0.2) is 14.4 Å². The summed E-state index contributed by atoms with van der Waals surface area (Å²) in [6.07, 6.45) is 0. The van der Waals surface area contributed by atoms with Crippen LogP contribution in [0.2, 0.25) is 0 Å². The number of halogens is 1. The third-order valence-electron chi connectivity index (χ3n) is 3.16. The smallest absolute Gasteiger partial charge is 0.162 e. The summed E-state index contributed by atoms with van der Waals surface area (Å²) < 4.78 is 14.0. The lowest BCUT2D eigenvalue weighted by atomic mass is 10.1. The summed E-state index contributed by atoms with van der Waals surface area (Å²) in [5.74, 6) is 0.931. The quantitative estimate of drug-likeness (QED) is 0.787. The van der Waals surface area contributed by atoms with Gasteiger partial charge in [-0.1, -0.05) is 42.5 Å². The normalized spacial score (nSPS) is 10.4. The summed E-state index contributed by atoms with van der Waals surface area (Å²) in [6.45, 7) is 0. The van der Waals surface area contributed by atoms with E-state index in [1.165, 1.54) is 6.07 Å². The van der Waals surface area contributed by atoms with Crippen LogP contribution >= 0.6 is 0 Å². The maximum absolute atomic E-state index is 14.0. The van der Waals surface area contributed by atoms with E-state index in [2.05, 4.69) is 15.3 Å². The van der Waals surface area contributed by atoms with Crippen molar-refractivity contribution in [2.45, 2.75) is 0 Å². The number of anilines is 1. The molecule has 3 aromatic rings. The van der Waals surface area contributed by atoms with Crippen LogP contribution in [0, 0.1) is 5.82 Å². The van der Waals surface area contributed by atoms with Gasteiger partial charge in [-0.3, -0.25) is 0 Å². The predicted molar refractivity (Wildman–Crippen MR) is 82.4 cm³/mol. The molecule has 2 aromatic carbocycles. The van der Waals surface area contributed by atoms with E-state index in [1.807, 2.05) is 30.3 Å². The molecule has 0 atom stereocenters. The fourth-order valence-electron chi connectivity index (χ4n) is 2.10. The molecule has 0 amide bonds. The van der Waals surface area contributed by atoms with Crippen LogP contribution in [0.15, 0.2) is 60.7 Å². The molecule has 0 aliphatic carbocycles. The Morgan fingerprint density at radius 3 is 2.33 bits per heavy atom. The summed E-state index contributed by atoms with van der Waals surface area (Å²) in [4.78, 5) is 8.92. The Labute approximate surface area is 122 Å². The van der Waals surface area contributed by atoms with E-state index in [0.717, 1.165) is 5.56 Å². The molecule has 1 aromatic heterocycles. The molecule has 0 saturated carbocycles. The third kappa shape index (κ3) is 2.74. The van der Waals surface area contributed by atoms with E-state index >= 15 is 0 Å². The van der Waals surface area contributed by atoms with Gasteiger partial charge in [0, 0.05) is 24.2 Å². The van der Waals surface area contributed by atoms with Crippen molar-refractivity contribution in [1.82, 2.24) is 9.97 Å². The van der Waals surface area contributed by atoms with E-state index in [-0.39, 0.29) is 5.82 Å². The second-order valence-corrected chi connectivity index (χ2v) is 4.56. The topological polar surface area (TPSA) is 37.8 Å². The van der Waals surface area contributed by atoms with Crippen molar-refractivity contribution in [3.8, 4) is 22.6 Å². The van der Waals surface area contributed by atoms with Gasteiger partial charge in [-0.05, 0) is 12.1 Å². The predicted octanol–water partition coefficient (Wildman–Crippen LogP) is 3.99. The molecule has 1 heterocycles. The van der Waals surface area contributed by atoms with Crippen molar-refractivity contribution in [3.05, 3.63) is 66.5 Å². The number of nitrogens with zero attached hydrogens (tertiary/aromatic N) is 2. The fourth-order valence-corrected chi connectivity index (χ4v) is 2.10. The van der Waals surface area contributed by atoms with Crippen LogP contribution in [-0.4, -0.2) is 17.0 Å². The second-order valence-electron chi connectivity index (χ2n) is 4.56. The molecular weight excluding hydrogens is 265 g/mol. The fraction of sp³-hybridized carbons (Fsp3) is 0.0588. The lowest BCUT2D eigenvalue weighted by Crippen LogP contribution is -1.99. The van der Waals surface area contributed by atoms with Gasteiger partial charge in [0.05, 0.1) is 5.69 Å². The highest BCUT2D eigenvalue weighted by molar-refractivity contribution is 5.67. The summed E-state index contributed by atoms with van der Waals surface area (Å²) >= 11 is 0. The first-order valence-corrected chi connectivity index (χ1v) is 6.65. The minimum atomic E-state index is -0.294. The van der Waals surface area contributed by atoms with Crippen molar-refractivity contribution >= 4 is 5.82 Å². The number of nitrogens with one attached hydrogen (secondary N) is 1. The monoisotopic (exact) mass is 279 g/mol. The number of aromatic nitrogens is 2. The van der Waals surface area contributed by atoms with E-state index in [1.54, 1.807) is 31.3 Å². The number of hydrogen-bond acceptors (Lipinski definition) is 3. The zero-order valence-electron chi connectivity index (χ0n) is 11.5. The number of benzene rings is 2. The Morgan fingerprint density at radius 2 is 1.62 bits per heavy atom. The first-order valence-electron chi connectivity index (χ1n) is 6.65. The molecule has 0 unspecified atom stereocenters. The standard InChI is InChI=1S/C17H14FN3/c1-19-16-11-15(13-9-5-6-10-14(13)18)20-17(21-16)12-7-3-2-4-8-12/h2-11H,1H3,(H,19,20,21). The lowest BCUT2D eigenvalue weighted by Gasteiger charge is -2.08. The van der Waals surface area contributed by atoms with Crippen molar-refractivity contribution in [3.63, 3.8) is 0 Å². The van der Waals surface area contributed by atoms with Crippen LogP contribution in [0.4, 0.5) is 10.2 Å². The van der Waals surface area contributed by atoms with Crippen molar-refractivity contribution in [2.24, 2.45) is 0 Å². The Balaban J connectivity index is 2.17. The molecule has 0 spiro atoms.